The van der Waals surface area contributed by atoms with Crippen LogP contribution in [0, 0.1) is 18.3 Å². The molecule has 2 nitrogen and oxygen atoms in total. The highest BCUT2D eigenvalue weighted by Crippen LogP contribution is 2.23. The minimum atomic E-state index is 0.576. The van der Waals surface area contributed by atoms with Crippen LogP contribution >= 0.6 is 27.5 Å². The molecule has 0 bridgehead atoms. The third kappa shape index (κ3) is 1.99. The highest BCUT2D eigenvalue weighted by molar-refractivity contribution is 9.10. The van der Waals surface area contributed by atoms with E-state index in [4.69, 9.17) is 16.9 Å². The van der Waals surface area contributed by atoms with Crippen molar-refractivity contribution in [3.05, 3.63) is 51.2 Å². The van der Waals surface area contributed by atoms with Crippen LogP contribution in [0.4, 0.5) is 0 Å². The largest absolute Gasteiger partial charge is 0.307 e. The van der Waals surface area contributed by atoms with E-state index >= 15 is 0 Å². The van der Waals surface area contributed by atoms with Gasteiger partial charge in [-0.05, 0) is 46.6 Å². The fraction of sp³-hybridized carbons (Fsp3) is 0.0833. The quantitative estimate of drug-likeness (QED) is 0.779. The normalized spacial score (nSPS) is 10.1. The summed E-state index contributed by atoms with van der Waals surface area (Å²) in [5.74, 6) is 0. The molecule has 0 aliphatic rings. The van der Waals surface area contributed by atoms with Gasteiger partial charge < -0.3 is 4.57 Å². The third-order valence-corrected chi connectivity index (χ3v) is 3.18. The van der Waals surface area contributed by atoms with Crippen molar-refractivity contribution in [1.82, 2.24) is 4.57 Å². The summed E-state index contributed by atoms with van der Waals surface area (Å²) in [7, 11) is 0. The Kier molecular flexibility index (Phi) is 3.04. The number of aryl methyl sites for hydroxylation is 1. The topological polar surface area (TPSA) is 28.7 Å². The predicted molar refractivity (Wildman–Crippen MR) is 67.9 cm³/mol. The molecule has 2 aromatic rings. The number of benzene rings is 1. The highest BCUT2D eigenvalue weighted by Gasteiger charge is 2.06. The van der Waals surface area contributed by atoms with Gasteiger partial charge in [0, 0.05) is 21.4 Å². The lowest BCUT2D eigenvalue weighted by Crippen LogP contribution is -1.95. The average molecular weight is 296 g/mol. The maximum absolute atomic E-state index is 8.99. The highest BCUT2D eigenvalue weighted by atomic mass is 79.9. The molecule has 4 heteroatoms. The van der Waals surface area contributed by atoms with Gasteiger partial charge in [0.15, 0.2) is 0 Å². The Bertz CT molecular complexity index is 581. The third-order valence-electron chi connectivity index (χ3n) is 2.33. The van der Waals surface area contributed by atoms with Gasteiger partial charge in [-0.1, -0.05) is 17.7 Å². The Morgan fingerprint density at radius 3 is 2.75 bits per heavy atom. The van der Waals surface area contributed by atoms with E-state index in [1.54, 1.807) is 10.6 Å². The monoisotopic (exact) mass is 294 g/mol. The SMILES string of the molecule is Cc1ccc(-n2cc(Br)cc2C#N)cc1Cl. The van der Waals surface area contributed by atoms with E-state index in [0.29, 0.717) is 10.7 Å². The van der Waals surface area contributed by atoms with E-state index in [0.717, 1.165) is 15.7 Å². The van der Waals surface area contributed by atoms with Crippen molar-refractivity contribution >= 4 is 27.5 Å². The molecule has 0 saturated heterocycles. The number of hydrogen-bond donors (Lipinski definition) is 0. The van der Waals surface area contributed by atoms with Crippen LogP contribution < -0.4 is 0 Å². The van der Waals surface area contributed by atoms with Crippen molar-refractivity contribution in [3.8, 4) is 11.8 Å². The van der Waals surface area contributed by atoms with Crippen molar-refractivity contribution in [2.45, 2.75) is 6.92 Å². The average Bonchev–Trinajstić information content (AvgIpc) is 2.63. The lowest BCUT2D eigenvalue weighted by Gasteiger charge is -2.06. The Morgan fingerprint density at radius 1 is 1.38 bits per heavy atom. The Hall–Kier alpha value is -1.24. The molecule has 0 aliphatic carbocycles. The minimum Gasteiger partial charge on any atom is -0.307 e. The lowest BCUT2D eigenvalue weighted by atomic mass is 10.2. The van der Waals surface area contributed by atoms with Gasteiger partial charge in [-0.2, -0.15) is 5.26 Å². The predicted octanol–water partition coefficient (Wildman–Crippen LogP) is 4.07. The van der Waals surface area contributed by atoms with Gasteiger partial charge in [-0.3, -0.25) is 0 Å². The molecule has 0 radical (unpaired) electrons. The first-order valence-electron chi connectivity index (χ1n) is 4.66. The lowest BCUT2D eigenvalue weighted by molar-refractivity contribution is 1.05. The Labute approximate surface area is 107 Å². The van der Waals surface area contributed by atoms with E-state index < -0.39 is 0 Å². The zero-order chi connectivity index (χ0) is 11.7. The minimum absolute atomic E-state index is 0.576. The summed E-state index contributed by atoms with van der Waals surface area (Å²) in [5, 5.41) is 9.69. The van der Waals surface area contributed by atoms with E-state index in [1.165, 1.54) is 0 Å². The van der Waals surface area contributed by atoms with Crippen molar-refractivity contribution in [3.63, 3.8) is 0 Å². The summed E-state index contributed by atoms with van der Waals surface area (Å²) in [5.41, 5.74) is 2.49. The smallest absolute Gasteiger partial charge is 0.125 e. The standard InChI is InChI=1S/C12H8BrClN2/c1-8-2-3-10(5-12(8)14)16-7-9(13)4-11(16)6-15/h2-5,7H,1H3. The van der Waals surface area contributed by atoms with Crippen molar-refractivity contribution in [2.75, 3.05) is 0 Å². The Morgan fingerprint density at radius 2 is 2.12 bits per heavy atom. The van der Waals surface area contributed by atoms with Crippen LogP contribution in [0.3, 0.4) is 0 Å². The van der Waals surface area contributed by atoms with E-state index in [2.05, 4.69) is 22.0 Å². The van der Waals surface area contributed by atoms with Gasteiger partial charge in [-0.15, -0.1) is 0 Å². The molecule has 0 aliphatic heterocycles. The van der Waals surface area contributed by atoms with Crippen molar-refractivity contribution < 1.29 is 0 Å². The number of hydrogen-bond acceptors (Lipinski definition) is 1. The summed E-state index contributed by atoms with van der Waals surface area (Å²) >= 11 is 9.41. The first kappa shape index (κ1) is 11.3. The summed E-state index contributed by atoms with van der Waals surface area (Å²) in [6, 6.07) is 9.64. The molecule has 0 spiro atoms. The molecule has 0 N–H and O–H groups in total. The summed E-state index contributed by atoms with van der Waals surface area (Å²) in [4.78, 5) is 0. The molecule has 2 rings (SSSR count). The van der Waals surface area contributed by atoms with E-state index in [1.807, 2.05) is 31.3 Å². The van der Waals surface area contributed by atoms with Gasteiger partial charge in [0.05, 0.1) is 0 Å². The molecule has 1 heterocycles. The number of nitriles is 1. The van der Waals surface area contributed by atoms with Crippen LogP contribution in [0.15, 0.2) is 34.9 Å². The molecule has 1 aromatic heterocycles. The maximum Gasteiger partial charge on any atom is 0.125 e. The van der Waals surface area contributed by atoms with E-state index in [9.17, 15) is 0 Å². The molecule has 0 unspecified atom stereocenters. The van der Waals surface area contributed by atoms with E-state index in [-0.39, 0.29) is 0 Å². The molecule has 80 valence electrons. The Balaban J connectivity index is 2.59. The van der Waals surface area contributed by atoms with Gasteiger partial charge in [0.2, 0.25) is 0 Å². The van der Waals surface area contributed by atoms with Gasteiger partial charge in [0.1, 0.15) is 11.8 Å². The second-order valence-electron chi connectivity index (χ2n) is 3.46. The van der Waals surface area contributed by atoms with Gasteiger partial charge in [0.25, 0.3) is 0 Å². The molecular formula is C12H8BrClN2. The maximum atomic E-state index is 8.99. The van der Waals surface area contributed by atoms with Crippen molar-refractivity contribution in [1.29, 1.82) is 5.26 Å². The van der Waals surface area contributed by atoms with Crippen LogP contribution in [0.2, 0.25) is 5.02 Å². The van der Waals surface area contributed by atoms with Crippen LogP contribution in [0.1, 0.15) is 11.3 Å². The summed E-state index contributed by atoms with van der Waals surface area (Å²) in [6.45, 7) is 1.95. The van der Waals surface area contributed by atoms with Crippen LogP contribution in [0.25, 0.3) is 5.69 Å². The second-order valence-corrected chi connectivity index (χ2v) is 4.78. The molecule has 0 amide bonds. The number of halogens is 2. The first-order valence-corrected chi connectivity index (χ1v) is 5.83. The molecule has 0 saturated carbocycles. The molecule has 1 aromatic carbocycles. The fourth-order valence-corrected chi connectivity index (χ4v) is 2.06. The van der Waals surface area contributed by atoms with Gasteiger partial charge in [-0.25, -0.2) is 0 Å². The zero-order valence-electron chi connectivity index (χ0n) is 8.54. The molecular weight excluding hydrogens is 288 g/mol. The number of aromatic nitrogens is 1. The van der Waals surface area contributed by atoms with Crippen molar-refractivity contribution in [2.24, 2.45) is 0 Å². The van der Waals surface area contributed by atoms with Gasteiger partial charge >= 0.3 is 0 Å². The number of nitrogens with zero attached hydrogens (tertiary/aromatic N) is 2. The second kappa shape index (κ2) is 4.32. The van der Waals surface area contributed by atoms with Crippen LogP contribution in [-0.4, -0.2) is 4.57 Å². The fourth-order valence-electron chi connectivity index (χ4n) is 1.46. The van der Waals surface area contributed by atoms with Crippen LogP contribution in [-0.2, 0) is 0 Å². The first-order chi connectivity index (χ1) is 7.61. The summed E-state index contributed by atoms with van der Waals surface area (Å²) in [6.07, 6.45) is 1.85. The summed E-state index contributed by atoms with van der Waals surface area (Å²) < 4.78 is 2.68. The molecule has 16 heavy (non-hydrogen) atoms. The molecule has 0 fully saturated rings. The molecule has 0 atom stereocenters. The van der Waals surface area contributed by atoms with Crippen LogP contribution in [0.5, 0.6) is 0 Å². The number of rotatable bonds is 1. The zero-order valence-corrected chi connectivity index (χ0v) is 10.9.